The summed E-state index contributed by atoms with van der Waals surface area (Å²) in [6, 6.07) is 0.0538. The molecule has 5 unspecified atom stereocenters. The first kappa shape index (κ1) is 14.9. The minimum atomic E-state index is -0.568. The summed E-state index contributed by atoms with van der Waals surface area (Å²) < 4.78 is 11.9. The second-order valence-corrected chi connectivity index (χ2v) is 6.72. The lowest BCUT2D eigenvalue weighted by molar-refractivity contribution is -0.259. The maximum Gasteiger partial charge on any atom is 0.339 e. The van der Waals surface area contributed by atoms with Crippen LogP contribution in [0, 0.1) is 5.92 Å². The summed E-state index contributed by atoms with van der Waals surface area (Å²) in [5.41, 5.74) is 0.457. The Morgan fingerprint density at radius 3 is 2.86 bits per heavy atom. The number of aliphatic hydroxyl groups excluding tert-OH is 1. The first-order valence-electron chi connectivity index (χ1n) is 7.41. The minimum absolute atomic E-state index is 0.0461. The average molecular weight is 294 g/mol. The fourth-order valence-electron chi connectivity index (χ4n) is 3.74. The molecule has 5 atom stereocenters. The van der Waals surface area contributed by atoms with Crippen LogP contribution in [0.15, 0.2) is 23.8 Å². The molecule has 0 radical (unpaired) electrons. The van der Waals surface area contributed by atoms with Crippen molar-refractivity contribution in [3.8, 4) is 0 Å². The van der Waals surface area contributed by atoms with E-state index in [1.54, 1.807) is 19.3 Å². The highest BCUT2D eigenvalue weighted by Crippen LogP contribution is 2.44. The fraction of sp³-hybridized carbons (Fsp3) is 0.688. The molecule has 0 spiro atoms. The summed E-state index contributed by atoms with van der Waals surface area (Å²) >= 11 is 0. The number of ketones is 1. The lowest BCUT2D eigenvalue weighted by Crippen LogP contribution is -2.64. The van der Waals surface area contributed by atoms with Gasteiger partial charge >= 0.3 is 5.78 Å². The largest absolute Gasteiger partial charge is 0.390 e. The Bertz CT molecular complexity index is 510. The number of allylic oxidation sites excluding steroid dienone is 2. The molecule has 2 N–H and O–H groups in total. The van der Waals surface area contributed by atoms with Crippen LogP contribution in [0.2, 0.25) is 0 Å². The molecule has 0 bridgehead atoms. The van der Waals surface area contributed by atoms with Gasteiger partial charge in [0.2, 0.25) is 0 Å². The number of carbonyl (C=O) groups excluding carboxylic acids is 1. The van der Waals surface area contributed by atoms with E-state index in [2.05, 4.69) is 4.90 Å². The highest BCUT2D eigenvalue weighted by atomic mass is 16.5. The lowest BCUT2D eigenvalue weighted by atomic mass is 9.75. The van der Waals surface area contributed by atoms with E-state index in [4.69, 9.17) is 9.47 Å². The second-order valence-electron chi connectivity index (χ2n) is 6.72. The van der Waals surface area contributed by atoms with Gasteiger partial charge in [0.1, 0.15) is 6.23 Å². The number of ether oxygens (including phenoxy) is 2. The number of nitrogens with zero attached hydrogens (tertiary/aromatic N) is 1. The molecule has 21 heavy (non-hydrogen) atoms. The highest BCUT2D eigenvalue weighted by molar-refractivity contribution is 6.02. The second kappa shape index (κ2) is 5.02. The van der Waals surface area contributed by atoms with Gasteiger partial charge in [-0.1, -0.05) is 6.08 Å². The van der Waals surface area contributed by atoms with Gasteiger partial charge in [-0.15, -0.1) is 0 Å². The molecule has 3 aliphatic rings. The number of likely N-dealkylation sites (N-methyl/N-ethyl adjacent to an activating group) is 1. The Morgan fingerprint density at radius 1 is 1.48 bits per heavy atom. The van der Waals surface area contributed by atoms with Crippen LogP contribution in [0.4, 0.5) is 0 Å². The zero-order valence-electron chi connectivity index (χ0n) is 13.0. The van der Waals surface area contributed by atoms with Gasteiger partial charge in [0.15, 0.2) is 0 Å². The molecule has 0 aromatic rings. The van der Waals surface area contributed by atoms with Gasteiger partial charge in [-0.3, -0.25) is 9.69 Å². The summed E-state index contributed by atoms with van der Waals surface area (Å²) in [6.45, 7) is 3.84. The zero-order valence-corrected chi connectivity index (χ0v) is 13.0. The van der Waals surface area contributed by atoms with E-state index < -0.39 is 11.7 Å². The van der Waals surface area contributed by atoms with Gasteiger partial charge in [-0.25, -0.2) is 0 Å². The average Bonchev–Trinajstić information content (AvgIpc) is 2.42. The van der Waals surface area contributed by atoms with Crippen molar-refractivity contribution in [2.45, 2.75) is 50.3 Å². The standard InChI is InChI=1S/C16H23NO4/c1-16(2)13(19)8-11-14(20-4)10-7-9(18)5-6-12(10)17(3)15(11)21-16/h5-7,11-15,19H,8H2,1-4H3/p+1. The first-order chi connectivity index (χ1) is 9.85. The lowest BCUT2D eigenvalue weighted by Gasteiger charge is -2.55. The summed E-state index contributed by atoms with van der Waals surface area (Å²) in [5, 5.41) is 10.3. The van der Waals surface area contributed by atoms with Gasteiger partial charge in [-0.2, -0.15) is 0 Å². The maximum absolute atomic E-state index is 10.3. The molecule has 2 saturated heterocycles. The number of likely N-dealkylation sites (tertiary alicyclic amines) is 1. The minimum Gasteiger partial charge on any atom is -0.390 e. The molecule has 2 aliphatic heterocycles. The van der Waals surface area contributed by atoms with Crippen molar-refractivity contribution in [1.82, 2.24) is 4.90 Å². The van der Waals surface area contributed by atoms with Crippen molar-refractivity contribution in [3.63, 3.8) is 0 Å². The van der Waals surface area contributed by atoms with E-state index in [0.29, 0.717) is 6.42 Å². The fourth-order valence-corrected chi connectivity index (χ4v) is 3.74. The predicted octanol–water partition coefficient (Wildman–Crippen LogP) is 0.859. The maximum atomic E-state index is 10.3. The Labute approximate surface area is 125 Å². The van der Waals surface area contributed by atoms with Crippen molar-refractivity contribution in [2.75, 3.05) is 14.2 Å². The number of fused-ring (bicyclic) bond motifs is 2. The van der Waals surface area contributed by atoms with E-state index in [1.165, 1.54) is 0 Å². The van der Waals surface area contributed by atoms with Crippen molar-refractivity contribution < 1.29 is 19.4 Å². The number of methoxy groups -OCH3 is 1. The van der Waals surface area contributed by atoms with Crippen molar-refractivity contribution in [3.05, 3.63) is 23.8 Å². The number of hydrogen-bond donors (Lipinski definition) is 1. The van der Waals surface area contributed by atoms with Crippen molar-refractivity contribution in [1.29, 1.82) is 0 Å². The highest BCUT2D eigenvalue weighted by Gasteiger charge is 2.53. The van der Waals surface area contributed by atoms with Gasteiger partial charge in [0.05, 0.1) is 23.9 Å². The van der Waals surface area contributed by atoms with Crippen molar-refractivity contribution in [2.24, 2.45) is 5.92 Å². The van der Waals surface area contributed by atoms with Gasteiger partial charge in [-0.05, 0) is 32.9 Å². The van der Waals surface area contributed by atoms with Gasteiger partial charge in [0.25, 0.3) is 0 Å². The quantitative estimate of drug-likeness (QED) is 0.729. The molecular weight excluding hydrogens is 270 g/mol. The van der Waals surface area contributed by atoms with E-state index >= 15 is 0 Å². The van der Waals surface area contributed by atoms with Gasteiger partial charge < -0.3 is 14.6 Å². The number of hydrogen-bond acceptors (Lipinski definition) is 4. The summed E-state index contributed by atoms with van der Waals surface area (Å²) in [7, 11) is 3.69. The number of rotatable bonds is 1. The van der Waals surface area contributed by atoms with Crippen LogP contribution in [-0.2, 0) is 9.47 Å². The molecular formula is C16H24NO4+. The molecule has 2 heterocycles. The molecule has 5 nitrogen and oxygen atoms in total. The summed E-state index contributed by atoms with van der Waals surface area (Å²) in [6.07, 6.45) is 5.27. The Kier molecular flexibility index (Phi) is 3.56. The third-order valence-electron chi connectivity index (χ3n) is 5.01. The molecule has 1 aliphatic carbocycles. The van der Waals surface area contributed by atoms with Crippen LogP contribution in [0.3, 0.4) is 0 Å². The molecule has 5 heteroatoms. The molecule has 2 fully saturated rings. The smallest absolute Gasteiger partial charge is 0.339 e. The van der Waals surface area contributed by atoms with Crippen LogP contribution in [0.1, 0.15) is 20.3 Å². The van der Waals surface area contributed by atoms with Crippen molar-refractivity contribution >= 4 is 5.78 Å². The normalized spacial score (nSPS) is 42.2. The predicted molar refractivity (Wildman–Crippen MR) is 79.6 cm³/mol. The van der Waals surface area contributed by atoms with Crippen LogP contribution >= 0.6 is 0 Å². The molecule has 116 valence electrons. The Morgan fingerprint density at radius 2 is 2.19 bits per heavy atom. The molecule has 0 aromatic heterocycles. The molecule has 0 amide bonds. The Balaban J connectivity index is 1.98. The van der Waals surface area contributed by atoms with Gasteiger partial charge in [0, 0.05) is 25.2 Å². The monoisotopic (exact) mass is 294 g/mol. The third kappa shape index (κ3) is 2.28. The molecule has 3 rings (SSSR count). The van der Waals surface area contributed by atoms with Crippen LogP contribution in [0.5, 0.6) is 0 Å². The van der Waals surface area contributed by atoms with E-state index in [-0.39, 0.29) is 30.1 Å². The molecule has 0 aromatic carbocycles. The number of aliphatic hydroxyl groups is 1. The third-order valence-corrected chi connectivity index (χ3v) is 5.01. The summed E-state index contributed by atoms with van der Waals surface area (Å²) in [4.78, 5) is 11.9. The van der Waals surface area contributed by atoms with Crippen LogP contribution in [-0.4, -0.2) is 64.8 Å². The molecule has 0 saturated carbocycles. The SMILES string of the molecule is COC1C2=CC(=[OH+])C=CC2N(C)C2OC(C)(C)C(O)CC12. The van der Waals surface area contributed by atoms with E-state index in [9.17, 15) is 9.90 Å². The van der Waals surface area contributed by atoms with E-state index in [0.717, 1.165) is 5.57 Å². The van der Waals surface area contributed by atoms with Crippen LogP contribution in [0.25, 0.3) is 0 Å². The zero-order chi connectivity index (χ0) is 15.4. The van der Waals surface area contributed by atoms with E-state index in [1.807, 2.05) is 27.0 Å². The van der Waals surface area contributed by atoms with Crippen LogP contribution < -0.4 is 0 Å². The number of piperidine rings is 1. The Hall–Kier alpha value is -1.01. The topological polar surface area (TPSA) is 63.3 Å². The summed E-state index contributed by atoms with van der Waals surface area (Å²) in [5.74, 6) is 0.289. The first-order valence-corrected chi connectivity index (χ1v) is 7.41.